The Balaban J connectivity index is 2.02. The number of ether oxygens (including phenoxy) is 1. The molecule has 0 saturated carbocycles. The van der Waals surface area contributed by atoms with Crippen LogP contribution in [0.1, 0.15) is 20.3 Å². The molecule has 0 radical (unpaired) electrons. The highest BCUT2D eigenvalue weighted by Gasteiger charge is 2.15. The van der Waals surface area contributed by atoms with Crippen LogP contribution < -0.4 is 5.56 Å². The van der Waals surface area contributed by atoms with Crippen molar-refractivity contribution in [2.24, 2.45) is 5.92 Å². The van der Waals surface area contributed by atoms with Gasteiger partial charge >= 0.3 is 0 Å². The molecule has 0 aliphatic rings. The van der Waals surface area contributed by atoms with Gasteiger partial charge in [0.15, 0.2) is 0 Å². The molecular formula is C16H23N3O3S. The molecule has 0 bridgehead atoms. The normalized spacial score (nSPS) is 11.3. The third-order valence-electron chi connectivity index (χ3n) is 3.52. The van der Waals surface area contributed by atoms with Crippen molar-refractivity contribution in [2.45, 2.75) is 26.8 Å². The van der Waals surface area contributed by atoms with Crippen molar-refractivity contribution >= 4 is 27.5 Å². The minimum atomic E-state index is -0.0867. The molecule has 2 aromatic heterocycles. The van der Waals surface area contributed by atoms with E-state index in [9.17, 15) is 9.59 Å². The number of carbonyl (C=O) groups excluding carboxylic acids is 1. The highest BCUT2D eigenvalue weighted by molar-refractivity contribution is 7.16. The summed E-state index contributed by atoms with van der Waals surface area (Å²) in [6.45, 7) is 6.28. The zero-order valence-electron chi connectivity index (χ0n) is 13.8. The minimum Gasteiger partial charge on any atom is -0.383 e. The molecule has 0 aliphatic heterocycles. The van der Waals surface area contributed by atoms with E-state index in [1.807, 2.05) is 5.38 Å². The van der Waals surface area contributed by atoms with E-state index in [4.69, 9.17) is 4.74 Å². The molecular weight excluding hydrogens is 314 g/mol. The minimum absolute atomic E-state index is 0.0352. The monoisotopic (exact) mass is 337 g/mol. The van der Waals surface area contributed by atoms with E-state index in [1.165, 1.54) is 22.2 Å². The lowest BCUT2D eigenvalue weighted by Gasteiger charge is -2.24. The second kappa shape index (κ2) is 8.21. The zero-order valence-corrected chi connectivity index (χ0v) is 14.6. The van der Waals surface area contributed by atoms with Gasteiger partial charge in [-0.3, -0.25) is 14.2 Å². The molecule has 6 nitrogen and oxygen atoms in total. The summed E-state index contributed by atoms with van der Waals surface area (Å²) in [7, 11) is 1.62. The fraction of sp³-hybridized carbons (Fsp3) is 0.562. The Kier molecular flexibility index (Phi) is 6.29. The molecule has 2 heterocycles. The molecule has 0 aromatic carbocycles. The Bertz CT molecular complexity index is 708. The number of methoxy groups -OCH3 is 1. The van der Waals surface area contributed by atoms with Crippen LogP contribution in [0, 0.1) is 5.92 Å². The summed E-state index contributed by atoms with van der Waals surface area (Å²) < 4.78 is 6.58. The Morgan fingerprint density at radius 3 is 2.96 bits per heavy atom. The Hall–Kier alpha value is -1.73. The number of fused-ring (bicyclic) bond motifs is 1. The van der Waals surface area contributed by atoms with E-state index in [1.54, 1.807) is 18.1 Å². The van der Waals surface area contributed by atoms with Gasteiger partial charge in [0.1, 0.15) is 4.83 Å². The van der Waals surface area contributed by atoms with Crippen LogP contribution in [0.5, 0.6) is 0 Å². The molecule has 7 heteroatoms. The first-order valence-corrected chi connectivity index (χ1v) is 8.60. The zero-order chi connectivity index (χ0) is 16.8. The lowest BCUT2D eigenvalue weighted by Crippen LogP contribution is -2.37. The standard InChI is InChI=1S/C16H23N3O3S/c1-12(2)10-18(7-8-22-3)14(20)4-6-19-11-17-15-13(16(19)21)5-9-23-15/h5,9,11-12H,4,6-8,10H2,1-3H3. The van der Waals surface area contributed by atoms with Crippen LogP contribution in [0.15, 0.2) is 22.6 Å². The molecule has 0 N–H and O–H groups in total. The van der Waals surface area contributed by atoms with Crippen LogP contribution >= 0.6 is 11.3 Å². The first kappa shape index (κ1) is 17.6. The smallest absolute Gasteiger partial charge is 0.262 e. The van der Waals surface area contributed by atoms with Crippen molar-refractivity contribution < 1.29 is 9.53 Å². The summed E-state index contributed by atoms with van der Waals surface area (Å²) >= 11 is 1.44. The van der Waals surface area contributed by atoms with Crippen LogP contribution in [0.3, 0.4) is 0 Å². The summed E-state index contributed by atoms with van der Waals surface area (Å²) in [4.78, 5) is 31.5. The predicted octanol–water partition coefficient (Wildman–Crippen LogP) is 1.98. The van der Waals surface area contributed by atoms with E-state index < -0.39 is 0 Å². The van der Waals surface area contributed by atoms with Crippen molar-refractivity contribution in [2.75, 3.05) is 26.8 Å². The number of nitrogens with zero attached hydrogens (tertiary/aromatic N) is 3. The van der Waals surface area contributed by atoms with Crippen LogP contribution in [0.2, 0.25) is 0 Å². The molecule has 0 unspecified atom stereocenters. The van der Waals surface area contributed by atoms with Crippen molar-refractivity contribution in [3.8, 4) is 0 Å². The second-order valence-corrected chi connectivity index (χ2v) is 6.75. The highest BCUT2D eigenvalue weighted by atomic mass is 32.1. The fourth-order valence-corrected chi connectivity index (χ4v) is 3.11. The van der Waals surface area contributed by atoms with E-state index >= 15 is 0 Å². The molecule has 0 aliphatic carbocycles. The highest BCUT2D eigenvalue weighted by Crippen LogP contribution is 2.13. The Labute approximate surface area is 139 Å². The quantitative estimate of drug-likeness (QED) is 0.739. The number of hydrogen-bond acceptors (Lipinski definition) is 5. The number of amides is 1. The predicted molar refractivity (Wildman–Crippen MR) is 91.8 cm³/mol. The molecule has 0 spiro atoms. The molecule has 126 valence electrons. The molecule has 0 atom stereocenters. The van der Waals surface area contributed by atoms with Gasteiger partial charge in [0.2, 0.25) is 5.91 Å². The maximum atomic E-state index is 12.4. The van der Waals surface area contributed by atoms with Crippen molar-refractivity contribution in [3.63, 3.8) is 0 Å². The van der Waals surface area contributed by atoms with Gasteiger partial charge in [-0.25, -0.2) is 4.98 Å². The van der Waals surface area contributed by atoms with Crippen LogP contribution in [-0.4, -0.2) is 47.2 Å². The summed E-state index contributed by atoms with van der Waals surface area (Å²) in [5.74, 6) is 0.426. The lowest BCUT2D eigenvalue weighted by molar-refractivity contribution is -0.132. The molecule has 0 fully saturated rings. The summed E-state index contributed by atoms with van der Waals surface area (Å²) in [6.07, 6.45) is 1.81. The SMILES string of the molecule is COCCN(CC(C)C)C(=O)CCn1cnc2sccc2c1=O. The Morgan fingerprint density at radius 1 is 1.48 bits per heavy atom. The van der Waals surface area contributed by atoms with Crippen LogP contribution in [0.4, 0.5) is 0 Å². The first-order valence-electron chi connectivity index (χ1n) is 7.72. The van der Waals surface area contributed by atoms with Gasteiger partial charge in [0.05, 0.1) is 18.3 Å². The van der Waals surface area contributed by atoms with Gasteiger partial charge in [-0.1, -0.05) is 13.8 Å². The van der Waals surface area contributed by atoms with E-state index in [2.05, 4.69) is 18.8 Å². The number of hydrogen-bond donors (Lipinski definition) is 0. The van der Waals surface area contributed by atoms with Gasteiger partial charge in [0.25, 0.3) is 5.56 Å². The average Bonchev–Trinajstić information content (AvgIpc) is 2.99. The van der Waals surface area contributed by atoms with Crippen LogP contribution in [-0.2, 0) is 16.1 Å². The fourth-order valence-electron chi connectivity index (χ4n) is 2.39. The molecule has 1 amide bonds. The second-order valence-electron chi connectivity index (χ2n) is 5.86. The number of carbonyl (C=O) groups is 1. The number of rotatable bonds is 8. The third kappa shape index (κ3) is 4.62. The molecule has 2 rings (SSSR count). The molecule has 2 aromatic rings. The van der Waals surface area contributed by atoms with Gasteiger partial charge in [0, 0.05) is 33.2 Å². The Morgan fingerprint density at radius 2 is 2.26 bits per heavy atom. The van der Waals surface area contributed by atoms with E-state index in [0.29, 0.717) is 37.5 Å². The largest absolute Gasteiger partial charge is 0.383 e. The van der Waals surface area contributed by atoms with Gasteiger partial charge < -0.3 is 9.64 Å². The van der Waals surface area contributed by atoms with Crippen molar-refractivity contribution in [3.05, 3.63) is 28.1 Å². The van der Waals surface area contributed by atoms with E-state index in [0.717, 1.165) is 4.83 Å². The summed E-state index contributed by atoms with van der Waals surface area (Å²) in [5.41, 5.74) is -0.0867. The van der Waals surface area contributed by atoms with Gasteiger partial charge in [-0.05, 0) is 17.4 Å². The molecule has 23 heavy (non-hydrogen) atoms. The topological polar surface area (TPSA) is 64.4 Å². The van der Waals surface area contributed by atoms with E-state index in [-0.39, 0.29) is 17.9 Å². The third-order valence-corrected chi connectivity index (χ3v) is 4.34. The number of thiophene rings is 1. The molecule has 0 saturated heterocycles. The summed E-state index contributed by atoms with van der Waals surface area (Å²) in [5, 5.41) is 2.47. The maximum absolute atomic E-state index is 12.4. The van der Waals surface area contributed by atoms with Crippen molar-refractivity contribution in [1.29, 1.82) is 0 Å². The first-order chi connectivity index (χ1) is 11.0. The van der Waals surface area contributed by atoms with Gasteiger partial charge in [-0.2, -0.15) is 0 Å². The van der Waals surface area contributed by atoms with Crippen molar-refractivity contribution in [1.82, 2.24) is 14.5 Å². The van der Waals surface area contributed by atoms with Gasteiger partial charge in [-0.15, -0.1) is 11.3 Å². The lowest BCUT2D eigenvalue weighted by atomic mass is 10.2. The maximum Gasteiger partial charge on any atom is 0.262 e. The van der Waals surface area contributed by atoms with Crippen LogP contribution in [0.25, 0.3) is 10.2 Å². The number of aromatic nitrogens is 2. The summed E-state index contributed by atoms with van der Waals surface area (Å²) in [6, 6.07) is 1.78. The average molecular weight is 337 g/mol. The number of aryl methyl sites for hydroxylation is 1.